The smallest absolute Gasteiger partial charge is 0.414 e. The fraction of sp³-hybridized carbons (Fsp3) is 0.333. The number of methoxy groups -OCH3 is 2. The van der Waals surface area contributed by atoms with Gasteiger partial charge in [0.15, 0.2) is 11.5 Å². The van der Waals surface area contributed by atoms with Crippen LogP contribution in [-0.4, -0.2) is 88.3 Å². The quantitative estimate of drug-likeness (QED) is 0.565. The number of carboxylic acids is 2. The second-order valence-corrected chi connectivity index (χ2v) is 6.77. The fourth-order valence-corrected chi connectivity index (χ4v) is 3.08. The number of pyridine rings is 1. The molecule has 3 N–H and O–H groups in total. The van der Waals surface area contributed by atoms with E-state index in [0.717, 1.165) is 18.7 Å². The topological polar surface area (TPSA) is 150 Å². The zero-order chi connectivity index (χ0) is 23.7. The lowest BCUT2D eigenvalue weighted by molar-refractivity contribution is -0.159. The molecule has 3 rings (SSSR count). The normalized spacial score (nSPS) is 13.5. The van der Waals surface area contributed by atoms with E-state index in [2.05, 4.69) is 9.88 Å². The Balaban J connectivity index is 0.000000534. The van der Waals surface area contributed by atoms with Crippen LogP contribution in [0.4, 0.5) is 0 Å². The van der Waals surface area contributed by atoms with Gasteiger partial charge in [-0.05, 0) is 29.8 Å². The van der Waals surface area contributed by atoms with Gasteiger partial charge in [-0.15, -0.1) is 0 Å². The monoisotopic (exact) mass is 447 g/mol. The van der Waals surface area contributed by atoms with E-state index < -0.39 is 11.9 Å². The number of aromatic nitrogens is 1. The first-order valence-electron chi connectivity index (χ1n) is 9.58. The summed E-state index contributed by atoms with van der Waals surface area (Å²) in [4.78, 5) is 38.8. The molecule has 1 aromatic carbocycles. The standard InChI is InChI=1S/C19H23N3O4.C2H2O4/c1-25-16-10-14(11-17(26-2)18(16)23)13-21-6-8-22(9-7-21)19(24)15-4-3-5-20-12-15;3-1(4)2(5)6/h3-5,10-12,23H,6-9,13H2,1-2H3;(H,3,4)(H,5,6). The molecule has 11 nitrogen and oxygen atoms in total. The van der Waals surface area contributed by atoms with Crippen LogP contribution >= 0.6 is 0 Å². The number of piperazine rings is 1. The van der Waals surface area contributed by atoms with Crippen molar-refractivity contribution >= 4 is 17.8 Å². The lowest BCUT2D eigenvalue weighted by Crippen LogP contribution is -2.48. The van der Waals surface area contributed by atoms with E-state index >= 15 is 0 Å². The summed E-state index contributed by atoms with van der Waals surface area (Å²) in [6.45, 7) is 3.58. The molecule has 1 amide bonds. The number of amides is 1. The Hall–Kier alpha value is -3.86. The third-order valence-corrected chi connectivity index (χ3v) is 4.70. The molecule has 0 bridgehead atoms. The minimum absolute atomic E-state index is 0.00522. The number of ether oxygens (including phenoxy) is 2. The van der Waals surface area contributed by atoms with Gasteiger partial charge in [-0.3, -0.25) is 14.7 Å². The summed E-state index contributed by atoms with van der Waals surface area (Å²) in [6.07, 6.45) is 3.26. The Morgan fingerprint density at radius 2 is 1.56 bits per heavy atom. The minimum Gasteiger partial charge on any atom is -0.502 e. The number of carbonyl (C=O) groups is 3. The van der Waals surface area contributed by atoms with E-state index in [1.165, 1.54) is 14.2 Å². The summed E-state index contributed by atoms with van der Waals surface area (Å²) in [7, 11) is 3.03. The molecule has 0 radical (unpaired) electrons. The second-order valence-electron chi connectivity index (χ2n) is 6.77. The van der Waals surface area contributed by atoms with Crippen molar-refractivity contribution in [2.24, 2.45) is 0 Å². The average molecular weight is 447 g/mol. The van der Waals surface area contributed by atoms with Crippen molar-refractivity contribution in [3.63, 3.8) is 0 Å². The SMILES string of the molecule is COc1cc(CN2CCN(C(=O)c3cccnc3)CC2)cc(OC)c1O.O=C(O)C(=O)O. The van der Waals surface area contributed by atoms with Crippen LogP contribution in [0, 0.1) is 0 Å². The number of phenols is 1. The largest absolute Gasteiger partial charge is 0.502 e. The van der Waals surface area contributed by atoms with Crippen LogP contribution in [0.15, 0.2) is 36.7 Å². The maximum atomic E-state index is 12.5. The van der Waals surface area contributed by atoms with Gasteiger partial charge in [0.1, 0.15) is 0 Å². The number of nitrogens with zero attached hydrogens (tertiary/aromatic N) is 3. The van der Waals surface area contributed by atoms with Gasteiger partial charge in [-0.2, -0.15) is 0 Å². The Kier molecular flexibility index (Phi) is 8.78. The molecule has 1 aliphatic heterocycles. The molecule has 1 aromatic heterocycles. The van der Waals surface area contributed by atoms with Crippen LogP contribution in [0.1, 0.15) is 15.9 Å². The molecule has 0 atom stereocenters. The van der Waals surface area contributed by atoms with Crippen molar-refractivity contribution < 1.29 is 39.2 Å². The number of carbonyl (C=O) groups excluding carboxylic acids is 1. The van der Waals surface area contributed by atoms with Gasteiger partial charge in [-0.1, -0.05) is 0 Å². The van der Waals surface area contributed by atoms with Gasteiger partial charge in [0.25, 0.3) is 5.91 Å². The highest BCUT2D eigenvalue weighted by Crippen LogP contribution is 2.37. The van der Waals surface area contributed by atoms with Crippen molar-refractivity contribution in [1.82, 2.24) is 14.8 Å². The van der Waals surface area contributed by atoms with Crippen molar-refractivity contribution in [2.75, 3.05) is 40.4 Å². The van der Waals surface area contributed by atoms with Crippen molar-refractivity contribution in [3.8, 4) is 17.2 Å². The van der Waals surface area contributed by atoms with Crippen LogP contribution in [0.5, 0.6) is 17.2 Å². The van der Waals surface area contributed by atoms with Crippen LogP contribution < -0.4 is 9.47 Å². The van der Waals surface area contributed by atoms with E-state index in [1.807, 2.05) is 17.0 Å². The first-order chi connectivity index (χ1) is 15.3. The number of aromatic hydroxyl groups is 1. The molecule has 0 unspecified atom stereocenters. The minimum atomic E-state index is -1.82. The second kappa shape index (κ2) is 11.5. The number of hydrogen-bond donors (Lipinski definition) is 3. The molecule has 2 aromatic rings. The zero-order valence-corrected chi connectivity index (χ0v) is 17.7. The van der Waals surface area contributed by atoms with Crippen molar-refractivity contribution in [2.45, 2.75) is 6.54 Å². The summed E-state index contributed by atoms with van der Waals surface area (Å²) in [5.74, 6) is -2.84. The molecule has 11 heteroatoms. The summed E-state index contributed by atoms with van der Waals surface area (Å²) in [5.41, 5.74) is 1.61. The van der Waals surface area contributed by atoms with Gasteiger partial charge in [0, 0.05) is 45.1 Å². The molecular formula is C21H25N3O8. The van der Waals surface area contributed by atoms with Gasteiger partial charge >= 0.3 is 11.9 Å². The van der Waals surface area contributed by atoms with E-state index in [-0.39, 0.29) is 11.7 Å². The Morgan fingerprint density at radius 1 is 1.00 bits per heavy atom. The molecule has 0 spiro atoms. The molecule has 172 valence electrons. The average Bonchev–Trinajstić information content (AvgIpc) is 2.81. The van der Waals surface area contributed by atoms with Crippen molar-refractivity contribution in [1.29, 1.82) is 0 Å². The summed E-state index contributed by atoms with van der Waals surface area (Å²) < 4.78 is 10.4. The van der Waals surface area contributed by atoms with Gasteiger partial charge in [-0.25, -0.2) is 9.59 Å². The summed E-state index contributed by atoms with van der Waals surface area (Å²) >= 11 is 0. The molecule has 0 saturated carbocycles. The molecule has 1 aliphatic rings. The number of hydrogen-bond acceptors (Lipinski definition) is 8. The van der Waals surface area contributed by atoms with Gasteiger partial charge in [0.05, 0.1) is 19.8 Å². The van der Waals surface area contributed by atoms with E-state index in [4.69, 9.17) is 29.3 Å². The first kappa shape index (κ1) is 24.4. The highest BCUT2D eigenvalue weighted by Gasteiger charge is 2.23. The third-order valence-electron chi connectivity index (χ3n) is 4.70. The predicted octanol–water partition coefficient (Wildman–Crippen LogP) is 0.918. The first-order valence-corrected chi connectivity index (χ1v) is 9.58. The van der Waals surface area contributed by atoms with Crippen molar-refractivity contribution in [3.05, 3.63) is 47.8 Å². The lowest BCUT2D eigenvalue weighted by atomic mass is 10.1. The molecule has 1 fully saturated rings. The molecule has 2 heterocycles. The van der Waals surface area contributed by atoms with Gasteiger partial charge in [0.2, 0.25) is 5.75 Å². The van der Waals surface area contributed by atoms with Crippen LogP contribution in [0.2, 0.25) is 0 Å². The number of carboxylic acid groups (broad SMARTS) is 2. The Morgan fingerprint density at radius 3 is 2.00 bits per heavy atom. The number of rotatable bonds is 5. The van der Waals surface area contributed by atoms with Crippen LogP contribution in [0.25, 0.3) is 0 Å². The highest BCUT2D eigenvalue weighted by molar-refractivity contribution is 6.27. The maximum absolute atomic E-state index is 12.5. The lowest BCUT2D eigenvalue weighted by Gasteiger charge is -2.34. The Bertz CT molecular complexity index is 906. The molecule has 1 saturated heterocycles. The van der Waals surface area contributed by atoms with Crippen LogP contribution in [0.3, 0.4) is 0 Å². The van der Waals surface area contributed by atoms with Gasteiger partial charge < -0.3 is 29.7 Å². The summed E-state index contributed by atoms with van der Waals surface area (Å²) in [5, 5.41) is 24.8. The fourth-order valence-electron chi connectivity index (χ4n) is 3.08. The molecule has 32 heavy (non-hydrogen) atoms. The summed E-state index contributed by atoms with van der Waals surface area (Å²) in [6, 6.07) is 7.18. The van der Waals surface area contributed by atoms with Crippen LogP contribution in [-0.2, 0) is 16.1 Å². The maximum Gasteiger partial charge on any atom is 0.414 e. The Labute approximate surface area is 184 Å². The highest BCUT2D eigenvalue weighted by atomic mass is 16.5. The van der Waals surface area contributed by atoms with E-state index in [1.54, 1.807) is 24.5 Å². The van der Waals surface area contributed by atoms with E-state index in [9.17, 15) is 9.90 Å². The third kappa shape index (κ3) is 6.57. The number of phenolic OH excluding ortho intramolecular Hbond substituents is 1. The predicted molar refractivity (Wildman–Crippen MR) is 112 cm³/mol. The zero-order valence-electron chi connectivity index (χ0n) is 17.7. The van der Waals surface area contributed by atoms with E-state index in [0.29, 0.717) is 36.7 Å². The number of aliphatic carboxylic acids is 2. The molecule has 0 aliphatic carbocycles. The number of benzene rings is 1. The molecular weight excluding hydrogens is 422 g/mol.